The van der Waals surface area contributed by atoms with E-state index in [2.05, 4.69) is 17.1 Å². The molecule has 0 aromatic carbocycles. The van der Waals surface area contributed by atoms with Gasteiger partial charge in [-0.25, -0.2) is 0 Å². The molecule has 0 saturated heterocycles. The number of fused-ring (bicyclic) bond motifs is 1. The third kappa shape index (κ3) is 2.75. The maximum Gasteiger partial charge on any atom is 0.435 e. The fourth-order valence-corrected chi connectivity index (χ4v) is 3.30. The molecule has 0 saturated carbocycles. The van der Waals surface area contributed by atoms with Crippen LogP contribution in [0, 0.1) is 0 Å². The molecule has 2 heterocycles. The summed E-state index contributed by atoms with van der Waals surface area (Å²) < 4.78 is 41.7. The highest BCUT2D eigenvalue weighted by Gasteiger charge is 2.36. The van der Waals surface area contributed by atoms with Gasteiger partial charge in [0.15, 0.2) is 5.69 Å². The maximum absolute atomic E-state index is 12.9. The molecule has 0 spiro atoms. The van der Waals surface area contributed by atoms with Crippen LogP contribution in [0.4, 0.5) is 13.2 Å². The zero-order chi connectivity index (χ0) is 16.9. The molecule has 5 nitrogen and oxygen atoms in total. The van der Waals surface area contributed by atoms with E-state index < -0.39 is 11.9 Å². The number of rotatable bonds is 1. The summed E-state index contributed by atoms with van der Waals surface area (Å²) in [7, 11) is 3.27. The third-order valence-corrected chi connectivity index (χ3v) is 4.49. The van der Waals surface area contributed by atoms with E-state index in [1.165, 1.54) is 11.7 Å². The molecular formula is C15H20F3N5. The zero-order valence-electron chi connectivity index (χ0n) is 13.4. The van der Waals surface area contributed by atoms with Gasteiger partial charge in [-0.15, -0.1) is 0 Å². The lowest BCUT2D eigenvalue weighted by Gasteiger charge is -2.10. The van der Waals surface area contributed by atoms with Gasteiger partial charge in [-0.2, -0.15) is 23.4 Å². The van der Waals surface area contributed by atoms with Crippen LogP contribution in [0.5, 0.6) is 0 Å². The largest absolute Gasteiger partial charge is 0.435 e. The van der Waals surface area contributed by atoms with Gasteiger partial charge in [0.05, 0.1) is 17.1 Å². The Morgan fingerprint density at radius 3 is 2.48 bits per heavy atom. The molecule has 0 fully saturated rings. The van der Waals surface area contributed by atoms with E-state index in [1.54, 1.807) is 11.7 Å². The number of hydrogen-bond donors (Lipinski definition) is 1. The molecule has 2 unspecified atom stereocenters. The highest BCUT2D eigenvalue weighted by Crippen LogP contribution is 2.37. The molecule has 1 aliphatic carbocycles. The predicted octanol–water partition coefficient (Wildman–Crippen LogP) is 2.61. The topological polar surface area (TPSA) is 61.7 Å². The van der Waals surface area contributed by atoms with Crippen molar-refractivity contribution >= 4 is 0 Å². The van der Waals surface area contributed by atoms with Crippen LogP contribution in [-0.4, -0.2) is 25.6 Å². The second-order valence-electron chi connectivity index (χ2n) is 6.31. The van der Waals surface area contributed by atoms with Crippen molar-refractivity contribution < 1.29 is 13.2 Å². The van der Waals surface area contributed by atoms with Crippen molar-refractivity contribution in [1.29, 1.82) is 0 Å². The van der Waals surface area contributed by atoms with Crippen molar-refractivity contribution in [3.05, 3.63) is 23.0 Å². The van der Waals surface area contributed by atoms with Crippen molar-refractivity contribution in [2.45, 2.75) is 44.3 Å². The molecule has 0 aliphatic heterocycles. The Balaban J connectivity index is 2.16. The summed E-state index contributed by atoms with van der Waals surface area (Å²) in [5.41, 5.74) is 8.22. The summed E-state index contributed by atoms with van der Waals surface area (Å²) in [6.07, 6.45) is -2.02. The SMILES string of the molecule is CC1CCC(N)Cc2c1nn(C)c2-c1cc(C(F)(F)F)nn1C. The molecule has 2 aromatic heterocycles. The molecule has 8 heteroatoms. The maximum atomic E-state index is 12.9. The van der Waals surface area contributed by atoms with Crippen LogP contribution in [0.15, 0.2) is 6.07 Å². The van der Waals surface area contributed by atoms with Gasteiger partial charge < -0.3 is 5.73 Å². The third-order valence-electron chi connectivity index (χ3n) is 4.49. The number of halogens is 3. The van der Waals surface area contributed by atoms with Gasteiger partial charge in [-0.3, -0.25) is 9.36 Å². The Morgan fingerprint density at radius 1 is 1.17 bits per heavy atom. The number of hydrogen-bond acceptors (Lipinski definition) is 3. The molecule has 2 aromatic rings. The quantitative estimate of drug-likeness (QED) is 0.819. The van der Waals surface area contributed by atoms with E-state index in [0.29, 0.717) is 17.8 Å². The highest BCUT2D eigenvalue weighted by molar-refractivity contribution is 5.63. The lowest BCUT2D eigenvalue weighted by Crippen LogP contribution is -2.22. The number of nitrogens with two attached hydrogens (primary N) is 1. The summed E-state index contributed by atoms with van der Waals surface area (Å²) in [5.74, 6) is 0.244. The first kappa shape index (κ1) is 16.0. The molecule has 0 amide bonds. The van der Waals surface area contributed by atoms with Gasteiger partial charge in [0.1, 0.15) is 0 Å². The minimum Gasteiger partial charge on any atom is -0.327 e. The molecule has 0 bridgehead atoms. The van der Waals surface area contributed by atoms with E-state index in [4.69, 9.17) is 5.73 Å². The Hall–Kier alpha value is -1.83. The van der Waals surface area contributed by atoms with E-state index in [9.17, 15) is 13.2 Å². The van der Waals surface area contributed by atoms with Crippen molar-refractivity contribution in [2.24, 2.45) is 19.8 Å². The predicted molar refractivity (Wildman–Crippen MR) is 79.7 cm³/mol. The molecule has 23 heavy (non-hydrogen) atoms. The van der Waals surface area contributed by atoms with Crippen LogP contribution in [0.1, 0.15) is 42.6 Å². The fourth-order valence-electron chi connectivity index (χ4n) is 3.30. The first-order chi connectivity index (χ1) is 10.7. The molecule has 3 rings (SSSR count). The van der Waals surface area contributed by atoms with Crippen LogP contribution in [0.3, 0.4) is 0 Å². The average molecular weight is 327 g/mol. The second kappa shape index (κ2) is 5.36. The summed E-state index contributed by atoms with van der Waals surface area (Å²) in [6, 6.07) is 1.08. The average Bonchev–Trinajstić information content (AvgIpc) is 2.92. The highest BCUT2D eigenvalue weighted by atomic mass is 19.4. The lowest BCUT2D eigenvalue weighted by molar-refractivity contribution is -0.141. The van der Waals surface area contributed by atoms with Crippen LogP contribution in [0.2, 0.25) is 0 Å². The summed E-state index contributed by atoms with van der Waals surface area (Å²) in [4.78, 5) is 0. The van der Waals surface area contributed by atoms with Crippen LogP contribution in [-0.2, 0) is 26.7 Å². The van der Waals surface area contributed by atoms with Gasteiger partial charge in [0.25, 0.3) is 0 Å². The lowest BCUT2D eigenvalue weighted by atomic mass is 9.99. The van der Waals surface area contributed by atoms with E-state index in [1.807, 2.05) is 0 Å². The van der Waals surface area contributed by atoms with Crippen molar-refractivity contribution in [1.82, 2.24) is 19.6 Å². The number of aromatic nitrogens is 4. The second-order valence-corrected chi connectivity index (χ2v) is 6.31. The van der Waals surface area contributed by atoms with E-state index >= 15 is 0 Å². The van der Waals surface area contributed by atoms with Crippen LogP contribution in [0.25, 0.3) is 11.4 Å². The summed E-state index contributed by atoms with van der Waals surface area (Å²) in [6.45, 7) is 2.08. The normalized spacial score (nSPS) is 22.0. The van der Waals surface area contributed by atoms with Crippen LogP contribution >= 0.6 is 0 Å². The van der Waals surface area contributed by atoms with Gasteiger partial charge in [-0.1, -0.05) is 6.92 Å². The molecular weight excluding hydrogens is 307 g/mol. The standard InChI is InChI=1S/C15H20F3N5/c1-8-4-5-9(19)6-10-13(8)21-23(3)14(10)11-7-12(15(16,17)18)20-22(11)2/h7-9H,4-6,19H2,1-3H3. The van der Waals surface area contributed by atoms with E-state index in [-0.39, 0.29) is 12.0 Å². The fraction of sp³-hybridized carbons (Fsp3) is 0.600. The Morgan fingerprint density at radius 2 is 1.87 bits per heavy atom. The molecule has 126 valence electrons. The Bertz CT molecular complexity index is 728. The van der Waals surface area contributed by atoms with Crippen molar-refractivity contribution in [3.8, 4) is 11.4 Å². The van der Waals surface area contributed by atoms with Gasteiger partial charge >= 0.3 is 6.18 Å². The number of nitrogens with zero attached hydrogens (tertiary/aromatic N) is 4. The van der Waals surface area contributed by atoms with Crippen molar-refractivity contribution in [3.63, 3.8) is 0 Å². The van der Waals surface area contributed by atoms with Gasteiger partial charge in [-0.05, 0) is 25.3 Å². The molecule has 2 atom stereocenters. The zero-order valence-corrected chi connectivity index (χ0v) is 13.4. The first-order valence-corrected chi connectivity index (χ1v) is 7.61. The molecule has 0 radical (unpaired) electrons. The number of alkyl halides is 3. The molecule has 1 aliphatic rings. The van der Waals surface area contributed by atoms with Crippen LogP contribution < -0.4 is 5.73 Å². The Labute approximate surface area is 132 Å². The van der Waals surface area contributed by atoms with E-state index in [0.717, 1.165) is 30.2 Å². The summed E-state index contributed by atoms with van der Waals surface area (Å²) >= 11 is 0. The van der Waals surface area contributed by atoms with Crippen molar-refractivity contribution in [2.75, 3.05) is 0 Å². The smallest absolute Gasteiger partial charge is 0.327 e. The number of aryl methyl sites for hydroxylation is 2. The monoisotopic (exact) mass is 327 g/mol. The minimum atomic E-state index is -4.46. The first-order valence-electron chi connectivity index (χ1n) is 7.61. The Kier molecular flexibility index (Phi) is 3.74. The minimum absolute atomic E-state index is 0.00281. The van der Waals surface area contributed by atoms with Gasteiger partial charge in [0, 0.05) is 31.6 Å². The summed E-state index contributed by atoms with van der Waals surface area (Å²) in [5, 5.41) is 8.16. The van der Waals surface area contributed by atoms with Gasteiger partial charge in [0.2, 0.25) is 0 Å². The molecule has 2 N–H and O–H groups in total.